The minimum atomic E-state index is -1.52. The Morgan fingerprint density at radius 2 is 1.86 bits per heavy atom. The minimum absolute atomic E-state index is 0.00791. The minimum Gasteiger partial charge on any atom is -0.460 e. The highest BCUT2D eigenvalue weighted by molar-refractivity contribution is 7.84. The first-order chi connectivity index (χ1) is 13.0. The average Bonchev–Trinajstić information content (AvgIpc) is 2.57. The summed E-state index contributed by atoms with van der Waals surface area (Å²) in [5.74, 6) is -2.01. The van der Waals surface area contributed by atoms with Crippen molar-refractivity contribution < 1.29 is 28.0 Å². The molecular formula is C20H27NO6S. The third kappa shape index (κ3) is 6.76. The predicted octanol–water partition coefficient (Wildman–Crippen LogP) is 2.73. The molecule has 2 atom stereocenters. The van der Waals surface area contributed by atoms with E-state index in [1.165, 1.54) is 6.08 Å². The van der Waals surface area contributed by atoms with Crippen LogP contribution in [0.2, 0.25) is 0 Å². The normalized spacial score (nSPS) is 18.3. The van der Waals surface area contributed by atoms with Gasteiger partial charge in [0.1, 0.15) is 18.4 Å². The maximum absolute atomic E-state index is 12.7. The predicted molar refractivity (Wildman–Crippen MR) is 105 cm³/mol. The van der Waals surface area contributed by atoms with Gasteiger partial charge >= 0.3 is 11.9 Å². The zero-order valence-electron chi connectivity index (χ0n) is 16.8. The molecule has 1 aromatic rings. The molecule has 0 bridgehead atoms. The first-order valence-electron chi connectivity index (χ1n) is 8.97. The van der Waals surface area contributed by atoms with Crippen LogP contribution in [-0.4, -0.2) is 32.7 Å². The van der Waals surface area contributed by atoms with E-state index in [2.05, 4.69) is 4.72 Å². The van der Waals surface area contributed by atoms with E-state index in [-0.39, 0.29) is 18.8 Å². The van der Waals surface area contributed by atoms with Crippen molar-refractivity contribution in [1.29, 1.82) is 0 Å². The van der Waals surface area contributed by atoms with Crippen molar-refractivity contribution in [2.45, 2.75) is 64.2 Å². The number of ether oxygens (including phenoxy) is 3. The van der Waals surface area contributed by atoms with Crippen molar-refractivity contribution in [1.82, 2.24) is 4.72 Å². The molecule has 0 spiro atoms. The lowest BCUT2D eigenvalue weighted by Gasteiger charge is -2.32. The van der Waals surface area contributed by atoms with Gasteiger partial charge in [-0.3, -0.25) is 4.79 Å². The van der Waals surface area contributed by atoms with Gasteiger partial charge in [0.15, 0.2) is 0 Å². The van der Waals surface area contributed by atoms with E-state index >= 15 is 0 Å². The summed E-state index contributed by atoms with van der Waals surface area (Å²) in [6.45, 7) is 8.66. The fourth-order valence-corrected chi connectivity index (χ4v) is 3.17. The highest BCUT2D eigenvalue weighted by Gasteiger charge is 2.34. The molecule has 1 aliphatic rings. The Balaban J connectivity index is 2.13. The van der Waals surface area contributed by atoms with Gasteiger partial charge in [0, 0.05) is 20.3 Å². The molecule has 0 amide bonds. The van der Waals surface area contributed by atoms with Crippen molar-refractivity contribution in [2.75, 3.05) is 0 Å². The second-order valence-corrected chi connectivity index (χ2v) is 9.88. The lowest BCUT2D eigenvalue weighted by Crippen LogP contribution is -2.46. The molecule has 1 aliphatic heterocycles. The summed E-state index contributed by atoms with van der Waals surface area (Å²) in [5, 5.41) is 0. The third-order valence-electron chi connectivity index (χ3n) is 3.72. The summed E-state index contributed by atoms with van der Waals surface area (Å²) >= 11 is 0. The molecule has 0 aromatic heterocycles. The van der Waals surface area contributed by atoms with Crippen molar-refractivity contribution in [3.05, 3.63) is 47.7 Å². The number of nitrogens with one attached hydrogen (secondary N) is 1. The molecule has 8 heteroatoms. The molecule has 1 heterocycles. The largest absolute Gasteiger partial charge is 0.460 e. The Labute approximate surface area is 168 Å². The number of rotatable bonds is 7. The number of carbonyl (C=O) groups excluding carboxylic acids is 2. The summed E-state index contributed by atoms with van der Waals surface area (Å²) < 4.78 is 30.8. The molecule has 0 aliphatic carbocycles. The first-order valence-corrected chi connectivity index (χ1v) is 10.1. The van der Waals surface area contributed by atoms with E-state index in [0.29, 0.717) is 0 Å². The molecule has 28 heavy (non-hydrogen) atoms. The number of esters is 2. The van der Waals surface area contributed by atoms with Crippen LogP contribution in [0.1, 0.15) is 46.6 Å². The number of cyclic esters (lactones) is 1. The Bertz CT molecular complexity index is 767. The average molecular weight is 410 g/mol. The van der Waals surface area contributed by atoms with Crippen molar-refractivity contribution in [3.8, 4) is 0 Å². The van der Waals surface area contributed by atoms with Gasteiger partial charge in [-0.1, -0.05) is 30.3 Å². The topological polar surface area (TPSA) is 90.9 Å². The molecule has 1 aromatic carbocycles. The Morgan fingerprint density at radius 1 is 1.21 bits per heavy atom. The summed E-state index contributed by atoms with van der Waals surface area (Å²) in [7, 11) is -1.52. The molecule has 0 fully saturated rings. The molecule has 0 saturated heterocycles. The van der Waals surface area contributed by atoms with E-state index in [1.807, 2.05) is 30.3 Å². The van der Waals surface area contributed by atoms with Crippen LogP contribution in [0.3, 0.4) is 0 Å². The van der Waals surface area contributed by atoms with Gasteiger partial charge in [0.05, 0.1) is 21.8 Å². The maximum atomic E-state index is 12.7. The van der Waals surface area contributed by atoms with Gasteiger partial charge in [0.2, 0.25) is 5.79 Å². The van der Waals surface area contributed by atoms with E-state index in [4.69, 9.17) is 14.2 Å². The van der Waals surface area contributed by atoms with Crippen LogP contribution in [0.4, 0.5) is 0 Å². The SMILES string of the molecule is CC1(C)OC(=O)C=C(C[C@@H](NS(=O)C(C)(C)C)C(=O)OCc2ccccc2)O1. The number of benzene rings is 1. The second kappa shape index (κ2) is 8.87. The third-order valence-corrected chi connectivity index (χ3v) is 5.33. The van der Waals surface area contributed by atoms with Gasteiger partial charge in [0.25, 0.3) is 0 Å². The molecule has 2 rings (SSSR count). The zero-order valence-corrected chi connectivity index (χ0v) is 17.6. The second-order valence-electron chi connectivity index (χ2n) is 7.88. The van der Waals surface area contributed by atoms with Crippen molar-refractivity contribution in [3.63, 3.8) is 0 Å². The highest BCUT2D eigenvalue weighted by Crippen LogP contribution is 2.25. The zero-order chi connectivity index (χ0) is 20.9. The van der Waals surface area contributed by atoms with E-state index < -0.39 is 39.5 Å². The first kappa shape index (κ1) is 22.1. The molecule has 0 radical (unpaired) electrons. The Morgan fingerprint density at radius 3 is 2.43 bits per heavy atom. The quantitative estimate of drug-likeness (QED) is 0.697. The Hall–Kier alpha value is -2.19. The fourth-order valence-electron chi connectivity index (χ4n) is 2.38. The van der Waals surface area contributed by atoms with Crippen LogP contribution in [-0.2, 0) is 41.4 Å². The standard InChI is InChI=1S/C20H27NO6S/c1-19(2,3)28(24)21-16(11-15-12-17(22)27-20(4,5)26-15)18(23)25-13-14-9-7-6-8-10-14/h6-10,12,16,21H,11,13H2,1-5H3/t16-,28?/m1/s1. The van der Waals surface area contributed by atoms with Crippen LogP contribution in [0, 0.1) is 0 Å². The fraction of sp³-hybridized carbons (Fsp3) is 0.500. The van der Waals surface area contributed by atoms with Crippen LogP contribution >= 0.6 is 0 Å². The number of hydrogen-bond acceptors (Lipinski definition) is 6. The van der Waals surface area contributed by atoms with Gasteiger partial charge in [-0.2, -0.15) is 0 Å². The summed E-state index contributed by atoms with van der Waals surface area (Å²) in [6.07, 6.45) is 1.19. The summed E-state index contributed by atoms with van der Waals surface area (Å²) in [4.78, 5) is 24.4. The van der Waals surface area contributed by atoms with Crippen molar-refractivity contribution in [2.24, 2.45) is 0 Å². The monoisotopic (exact) mass is 409 g/mol. The molecule has 1 unspecified atom stereocenters. The maximum Gasteiger partial charge on any atom is 0.337 e. The molecule has 1 N–H and O–H groups in total. The van der Waals surface area contributed by atoms with Gasteiger partial charge in [-0.05, 0) is 26.3 Å². The van der Waals surface area contributed by atoms with Crippen LogP contribution < -0.4 is 4.72 Å². The smallest absolute Gasteiger partial charge is 0.337 e. The Kier molecular flexibility index (Phi) is 7.01. The molecular weight excluding hydrogens is 382 g/mol. The molecule has 154 valence electrons. The lowest BCUT2D eigenvalue weighted by atomic mass is 10.1. The van der Waals surface area contributed by atoms with Gasteiger partial charge < -0.3 is 14.2 Å². The summed E-state index contributed by atoms with van der Waals surface area (Å²) in [6, 6.07) is 8.30. The van der Waals surface area contributed by atoms with Crippen LogP contribution in [0.15, 0.2) is 42.2 Å². The van der Waals surface area contributed by atoms with Crippen molar-refractivity contribution >= 4 is 22.9 Å². The number of carbonyl (C=O) groups is 2. The van der Waals surface area contributed by atoms with E-state index in [1.54, 1.807) is 34.6 Å². The lowest BCUT2D eigenvalue weighted by molar-refractivity contribution is -0.206. The number of hydrogen-bond donors (Lipinski definition) is 1. The molecule has 7 nitrogen and oxygen atoms in total. The van der Waals surface area contributed by atoms with E-state index in [9.17, 15) is 13.8 Å². The highest BCUT2D eigenvalue weighted by atomic mass is 32.2. The van der Waals surface area contributed by atoms with Crippen LogP contribution in [0.25, 0.3) is 0 Å². The molecule has 0 saturated carbocycles. The van der Waals surface area contributed by atoms with Gasteiger partial charge in [-0.15, -0.1) is 0 Å². The summed E-state index contributed by atoms with van der Waals surface area (Å²) in [5.41, 5.74) is 0.837. The van der Waals surface area contributed by atoms with Crippen LogP contribution in [0.5, 0.6) is 0 Å². The van der Waals surface area contributed by atoms with E-state index in [0.717, 1.165) is 5.56 Å². The van der Waals surface area contributed by atoms with Gasteiger partial charge in [-0.25, -0.2) is 13.7 Å².